The molecule has 11 nitrogen and oxygen atoms in total. The first-order valence-electron chi connectivity index (χ1n) is 16.9. The summed E-state index contributed by atoms with van der Waals surface area (Å²) in [6, 6.07) is 14.8. The number of imidazole rings is 1. The molecule has 0 atom stereocenters. The molecular weight excluding hydrogens is 639 g/mol. The van der Waals surface area contributed by atoms with Gasteiger partial charge in [-0.1, -0.05) is 64.4 Å². The first kappa shape index (κ1) is 37.4. The zero-order valence-corrected chi connectivity index (χ0v) is 31.6. The van der Waals surface area contributed by atoms with Crippen LogP contribution in [-0.2, 0) is 40.6 Å². The van der Waals surface area contributed by atoms with Gasteiger partial charge in [0.05, 0.1) is 12.0 Å². The second-order valence-corrected chi connectivity index (χ2v) is 19.9. The maximum Gasteiger partial charge on any atom is 0.333 e. The molecule has 2 aromatic carbocycles. The predicted octanol–water partition coefficient (Wildman–Crippen LogP) is 6.69. The summed E-state index contributed by atoms with van der Waals surface area (Å²) in [5.74, 6) is 0.503. The summed E-state index contributed by atoms with van der Waals surface area (Å²) < 4.78 is 16.8. The Balaban J connectivity index is 1.91. The smallest absolute Gasteiger partial charge is 0.333 e. The maximum atomic E-state index is 14.5. The lowest BCUT2D eigenvalue weighted by atomic mass is 9.98. The van der Waals surface area contributed by atoms with Crippen molar-refractivity contribution in [3.05, 3.63) is 86.3 Å². The number of rotatable bonds is 12. The van der Waals surface area contributed by atoms with Crippen molar-refractivity contribution in [3.63, 3.8) is 0 Å². The number of hydrogen-bond donors (Lipinski definition) is 1. The minimum Gasteiger partial charge on any atom is -0.543 e. The molecule has 2 aromatic heterocycles. The van der Waals surface area contributed by atoms with Crippen molar-refractivity contribution in [2.45, 2.75) is 113 Å². The summed E-state index contributed by atoms with van der Waals surface area (Å²) in [6.45, 7) is 19.7. The van der Waals surface area contributed by atoms with Crippen molar-refractivity contribution < 1.29 is 18.8 Å². The molecule has 4 rings (SSSR count). The first-order chi connectivity index (χ1) is 22.8. The summed E-state index contributed by atoms with van der Waals surface area (Å²) in [7, 11) is -2.24. The topological polar surface area (TPSA) is 126 Å². The molecule has 0 unspecified atom stereocenters. The fourth-order valence-corrected chi connectivity index (χ4v) is 6.09. The molecule has 0 aliphatic carbocycles. The molecule has 0 saturated heterocycles. The molecule has 1 N–H and O–H groups in total. The maximum absolute atomic E-state index is 14.5. The number of fused-ring (bicyclic) bond motifs is 1. The van der Waals surface area contributed by atoms with E-state index in [1.165, 1.54) is 11.5 Å². The number of nitrogens with one attached hydrogen (secondary N) is 1. The minimum absolute atomic E-state index is 0.00255. The number of ether oxygens (including phenoxy) is 1. The first-order valence-corrected chi connectivity index (χ1v) is 19.8. The number of aryl methyl sites for hydroxylation is 1. The molecule has 1 amide bonds. The Morgan fingerprint density at radius 1 is 0.918 bits per heavy atom. The van der Waals surface area contributed by atoms with E-state index in [1.54, 1.807) is 42.0 Å². The molecule has 2 heterocycles. The Kier molecular flexibility index (Phi) is 11.1. The van der Waals surface area contributed by atoms with Crippen LogP contribution in [0, 0.1) is 5.41 Å². The van der Waals surface area contributed by atoms with Gasteiger partial charge in [-0.25, -0.2) is 9.78 Å². The van der Waals surface area contributed by atoms with Crippen molar-refractivity contribution in [1.82, 2.24) is 18.7 Å². The highest BCUT2D eigenvalue weighted by molar-refractivity contribution is 6.74. The van der Waals surface area contributed by atoms with Gasteiger partial charge in [-0.3, -0.25) is 28.1 Å². The molecular formula is C37H51N5O6Si. The van der Waals surface area contributed by atoms with Crippen LogP contribution in [0.1, 0.15) is 85.2 Å². The van der Waals surface area contributed by atoms with Gasteiger partial charge in [0.25, 0.3) is 5.56 Å². The largest absolute Gasteiger partial charge is 0.543 e. The Morgan fingerprint density at radius 2 is 1.57 bits per heavy atom. The summed E-state index contributed by atoms with van der Waals surface area (Å²) in [5, 5.41) is 2.70. The van der Waals surface area contributed by atoms with Crippen molar-refractivity contribution in [3.8, 4) is 5.75 Å². The van der Waals surface area contributed by atoms with E-state index in [9.17, 15) is 19.2 Å². The van der Waals surface area contributed by atoms with Gasteiger partial charge >= 0.3 is 11.7 Å². The average Bonchev–Trinajstić information content (AvgIpc) is 3.35. The Hall–Kier alpha value is -4.45. The van der Waals surface area contributed by atoms with E-state index in [0.29, 0.717) is 30.2 Å². The number of amides is 1. The number of hydrogen-bond acceptors (Lipinski definition) is 7. The lowest BCUT2D eigenvalue weighted by Crippen LogP contribution is -2.44. The normalized spacial score (nSPS) is 12.3. The van der Waals surface area contributed by atoms with Crippen molar-refractivity contribution in [2.75, 3.05) is 5.32 Å². The number of benzene rings is 2. The number of nitrogens with zero attached hydrogens (tertiary/aromatic N) is 4. The average molecular weight is 690 g/mol. The molecule has 4 aromatic rings. The van der Waals surface area contributed by atoms with Crippen LogP contribution in [0.4, 0.5) is 5.69 Å². The number of unbranched alkanes of at least 4 members (excludes halogenated alkanes) is 1. The van der Waals surface area contributed by atoms with E-state index < -0.39 is 31.0 Å². The lowest BCUT2D eigenvalue weighted by molar-refractivity contribution is -0.156. The third-order valence-electron chi connectivity index (χ3n) is 8.97. The Labute approximate surface area is 289 Å². The van der Waals surface area contributed by atoms with E-state index in [-0.39, 0.29) is 41.8 Å². The van der Waals surface area contributed by atoms with Gasteiger partial charge in [0.1, 0.15) is 11.6 Å². The second kappa shape index (κ2) is 14.6. The molecule has 0 radical (unpaired) electrons. The van der Waals surface area contributed by atoms with Crippen LogP contribution < -0.4 is 21.0 Å². The highest BCUT2D eigenvalue weighted by Crippen LogP contribution is 2.38. The summed E-state index contributed by atoms with van der Waals surface area (Å²) in [4.78, 5) is 58.0. The van der Waals surface area contributed by atoms with Gasteiger partial charge in [-0.05, 0) is 69.1 Å². The van der Waals surface area contributed by atoms with Crippen molar-refractivity contribution in [2.24, 2.45) is 5.41 Å². The molecule has 0 aliphatic rings. The highest BCUT2D eigenvalue weighted by atomic mass is 28.4. The zero-order chi connectivity index (χ0) is 36.3. The van der Waals surface area contributed by atoms with Crippen LogP contribution in [0.5, 0.6) is 5.75 Å². The number of carbonyl (C=O) groups is 2. The number of para-hydroxylation sites is 1. The molecule has 49 heavy (non-hydrogen) atoms. The molecule has 0 aliphatic heterocycles. The van der Waals surface area contributed by atoms with E-state index in [4.69, 9.17) is 14.1 Å². The molecule has 0 bridgehead atoms. The van der Waals surface area contributed by atoms with Gasteiger partial charge in [-0.15, -0.1) is 0 Å². The van der Waals surface area contributed by atoms with Crippen molar-refractivity contribution >= 4 is 37.0 Å². The Morgan fingerprint density at radius 3 is 2.16 bits per heavy atom. The number of esters is 1. The van der Waals surface area contributed by atoms with Gasteiger partial charge in [0.2, 0.25) is 14.2 Å². The standard InChI is InChI=1S/C37H51N5O6Si/c1-11-12-21-40-32-31(33(44)41(35(40)46)23-27-15-13-14-16-29(27)48-49(9,10)37(6,7)8)42(24-47-34(45)36(3,4)5)30(39-32)22-26-17-19-28(20-18-26)38-25(2)43/h13-20H,11-12,21-24H2,1-10H3,(H,38,43). The number of aromatic nitrogens is 4. The monoisotopic (exact) mass is 689 g/mol. The SMILES string of the molecule is CCCCn1c(=O)n(Cc2ccccc2O[Si](C)(C)C(C)(C)C)c(=O)c2c1nc(Cc1ccc(NC(C)=O)cc1)n2COC(=O)C(C)(C)C. The zero-order valence-electron chi connectivity index (χ0n) is 30.6. The number of carbonyl (C=O) groups excluding carboxylic acids is 2. The molecule has 12 heteroatoms. The van der Waals surface area contributed by atoms with E-state index in [0.717, 1.165) is 17.5 Å². The van der Waals surface area contributed by atoms with Gasteiger partial charge in [0.15, 0.2) is 17.9 Å². The fraction of sp³-hybridized carbons (Fsp3) is 0.486. The molecule has 0 spiro atoms. The number of anilines is 1. The van der Waals surface area contributed by atoms with Crippen molar-refractivity contribution in [1.29, 1.82) is 0 Å². The van der Waals surface area contributed by atoms with E-state index in [1.807, 2.05) is 43.3 Å². The quantitative estimate of drug-likeness (QED) is 0.130. The minimum atomic E-state index is -2.24. The predicted molar refractivity (Wildman–Crippen MR) is 196 cm³/mol. The van der Waals surface area contributed by atoms with E-state index in [2.05, 4.69) is 39.2 Å². The third kappa shape index (κ3) is 8.59. The summed E-state index contributed by atoms with van der Waals surface area (Å²) >= 11 is 0. The second-order valence-electron chi connectivity index (χ2n) is 15.1. The summed E-state index contributed by atoms with van der Waals surface area (Å²) in [6.07, 6.45) is 1.81. The molecule has 264 valence electrons. The van der Waals surface area contributed by atoms with Gasteiger partial charge in [0, 0.05) is 31.1 Å². The fourth-order valence-electron chi connectivity index (χ4n) is 5.03. The van der Waals surface area contributed by atoms with Crippen LogP contribution >= 0.6 is 0 Å². The van der Waals surface area contributed by atoms with Crippen LogP contribution in [0.2, 0.25) is 18.1 Å². The lowest BCUT2D eigenvalue weighted by Gasteiger charge is -2.37. The molecule has 0 fully saturated rings. The van der Waals surface area contributed by atoms with Gasteiger partial charge in [-0.2, -0.15) is 0 Å². The van der Waals surface area contributed by atoms with Crippen LogP contribution in [0.3, 0.4) is 0 Å². The van der Waals surface area contributed by atoms with Crippen LogP contribution in [-0.4, -0.2) is 38.9 Å². The van der Waals surface area contributed by atoms with Crippen LogP contribution in [0.25, 0.3) is 11.2 Å². The highest BCUT2D eigenvalue weighted by Gasteiger charge is 2.39. The molecule has 0 saturated carbocycles. The van der Waals surface area contributed by atoms with Crippen LogP contribution in [0.15, 0.2) is 58.1 Å². The van der Waals surface area contributed by atoms with E-state index >= 15 is 0 Å². The van der Waals surface area contributed by atoms with Gasteiger partial charge < -0.3 is 14.5 Å². The third-order valence-corrected chi connectivity index (χ3v) is 13.3. The Bertz CT molecular complexity index is 1940. The summed E-state index contributed by atoms with van der Waals surface area (Å²) in [5.41, 5.74) is 0.903.